The number of anilines is 1. The molecule has 0 saturated carbocycles. The number of para-hydroxylation sites is 1. The number of thiocarbonyl (C=S) groups is 1. The van der Waals surface area contributed by atoms with Crippen LogP contribution in [0.5, 0.6) is 5.75 Å². The Morgan fingerprint density at radius 2 is 1.55 bits per heavy atom. The zero-order chi connectivity index (χ0) is 22.6. The first-order valence-corrected chi connectivity index (χ1v) is 10.9. The van der Waals surface area contributed by atoms with Gasteiger partial charge in [-0.3, -0.25) is 10.1 Å². The molecule has 0 spiro atoms. The fourth-order valence-electron chi connectivity index (χ4n) is 3.58. The number of furan rings is 1. The van der Waals surface area contributed by atoms with Crippen molar-refractivity contribution in [2.75, 3.05) is 5.32 Å². The Labute approximate surface area is 196 Å². The minimum Gasteiger partial charge on any atom is -0.489 e. The first-order chi connectivity index (χ1) is 16.2. The lowest BCUT2D eigenvalue weighted by Crippen LogP contribution is -2.34. The maximum Gasteiger partial charge on any atom is 0.257 e. The van der Waals surface area contributed by atoms with Crippen molar-refractivity contribution < 1.29 is 13.9 Å². The number of hydrogen-bond acceptors (Lipinski definition) is 4. The van der Waals surface area contributed by atoms with Crippen LogP contribution in [-0.2, 0) is 6.61 Å². The van der Waals surface area contributed by atoms with E-state index < -0.39 is 0 Å². The van der Waals surface area contributed by atoms with Crippen molar-refractivity contribution in [3.8, 4) is 5.75 Å². The number of rotatable bonds is 5. The molecule has 6 heteroatoms. The second kappa shape index (κ2) is 9.14. The zero-order valence-corrected chi connectivity index (χ0v) is 18.4. The van der Waals surface area contributed by atoms with Crippen LogP contribution < -0.4 is 15.4 Å². The Kier molecular flexibility index (Phi) is 5.74. The van der Waals surface area contributed by atoms with Gasteiger partial charge in [-0.05, 0) is 60.2 Å². The molecule has 0 bridgehead atoms. The molecule has 0 unspecified atom stereocenters. The zero-order valence-electron chi connectivity index (χ0n) is 17.6. The number of carbonyl (C=O) groups excluding carboxylic acids is 1. The summed E-state index contributed by atoms with van der Waals surface area (Å²) in [6.45, 7) is 0.468. The van der Waals surface area contributed by atoms with E-state index in [0.717, 1.165) is 33.2 Å². The smallest absolute Gasteiger partial charge is 0.257 e. The summed E-state index contributed by atoms with van der Waals surface area (Å²) in [6, 6.07) is 30.5. The molecule has 5 nitrogen and oxygen atoms in total. The van der Waals surface area contributed by atoms with Crippen molar-refractivity contribution >= 4 is 50.9 Å². The summed E-state index contributed by atoms with van der Waals surface area (Å²) in [6.07, 6.45) is 0. The van der Waals surface area contributed by atoms with Gasteiger partial charge in [0.15, 0.2) is 5.11 Å². The molecule has 0 fully saturated rings. The number of ether oxygens (including phenoxy) is 1. The number of amides is 1. The highest BCUT2D eigenvalue weighted by molar-refractivity contribution is 7.80. The standard InChI is InChI=1S/C27H20N2O3S/c30-26(19-10-13-21(14-11-19)31-17-18-6-2-1-3-7-18)29-27(33)28-20-12-15-23-22-8-4-5-9-24(22)32-25(23)16-20/h1-16H,17H2,(H2,28,29,30,33). The minimum absolute atomic E-state index is 0.208. The van der Waals surface area contributed by atoms with Crippen LogP contribution in [0.3, 0.4) is 0 Å². The molecule has 0 aliphatic rings. The Morgan fingerprint density at radius 3 is 2.36 bits per heavy atom. The molecule has 2 N–H and O–H groups in total. The van der Waals surface area contributed by atoms with E-state index in [2.05, 4.69) is 10.6 Å². The van der Waals surface area contributed by atoms with E-state index in [0.29, 0.717) is 17.9 Å². The molecule has 0 radical (unpaired) electrons. The van der Waals surface area contributed by atoms with Crippen molar-refractivity contribution in [1.29, 1.82) is 0 Å². The van der Waals surface area contributed by atoms with E-state index in [1.807, 2.05) is 72.8 Å². The Bertz CT molecular complexity index is 1440. The van der Waals surface area contributed by atoms with Crippen LogP contribution >= 0.6 is 12.2 Å². The molecule has 5 rings (SSSR count). The quantitative estimate of drug-likeness (QED) is 0.307. The molecule has 0 atom stereocenters. The van der Waals surface area contributed by atoms with Crippen LogP contribution in [0.25, 0.3) is 21.9 Å². The summed E-state index contributed by atoms with van der Waals surface area (Å²) in [4.78, 5) is 12.6. The largest absolute Gasteiger partial charge is 0.489 e. The predicted octanol–water partition coefficient (Wildman–Crippen LogP) is 6.29. The highest BCUT2D eigenvalue weighted by Crippen LogP contribution is 2.30. The maximum atomic E-state index is 12.6. The fraction of sp³-hybridized carbons (Fsp3) is 0.0370. The SMILES string of the molecule is O=C(NC(=S)Nc1ccc2c(c1)oc1ccccc12)c1ccc(OCc2ccccc2)cc1. The summed E-state index contributed by atoms with van der Waals surface area (Å²) in [5.41, 5.74) is 3.88. The maximum absolute atomic E-state index is 12.6. The fourth-order valence-corrected chi connectivity index (χ4v) is 3.80. The van der Waals surface area contributed by atoms with E-state index >= 15 is 0 Å². The molecule has 33 heavy (non-hydrogen) atoms. The van der Waals surface area contributed by atoms with Gasteiger partial charge in [-0.15, -0.1) is 0 Å². The van der Waals surface area contributed by atoms with E-state index in [4.69, 9.17) is 21.4 Å². The van der Waals surface area contributed by atoms with Crippen molar-refractivity contribution in [3.63, 3.8) is 0 Å². The average molecular weight is 453 g/mol. The van der Waals surface area contributed by atoms with Gasteiger partial charge >= 0.3 is 0 Å². The number of fused-ring (bicyclic) bond motifs is 3. The molecule has 4 aromatic carbocycles. The summed E-state index contributed by atoms with van der Waals surface area (Å²) in [7, 11) is 0. The monoisotopic (exact) mass is 452 g/mol. The lowest BCUT2D eigenvalue weighted by molar-refractivity contribution is 0.0977. The van der Waals surface area contributed by atoms with Gasteiger partial charge < -0.3 is 14.5 Å². The molecule has 0 saturated heterocycles. The highest BCUT2D eigenvalue weighted by Gasteiger charge is 2.10. The van der Waals surface area contributed by atoms with Gasteiger partial charge in [-0.2, -0.15) is 0 Å². The third-order valence-electron chi connectivity index (χ3n) is 5.23. The number of nitrogens with one attached hydrogen (secondary N) is 2. The molecule has 0 aliphatic heterocycles. The number of hydrogen-bond donors (Lipinski definition) is 2. The first-order valence-electron chi connectivity index (χ1n) is 10.5. The summed E-state index contributed by atoms with van der Waals surface area (Å²) in [5, 5.41) is 8.05. The van der Waals surface area contributed by atoms with E-state index in [-0.39, 0.29) is 11.0 Å². The lowest BCUT2D eigenvalue weighted by atomic mass is 10.1. The van der Waals surface area contributed by atoms with Crippen molar-refractivity contribution in [1.82, 2.24) is 5.32 Å². The van der Waals surface area contributed by atoms with Gasteiger partial charge in [0.1, 0.15) is 23.5 Å². The molecule has 1 amide bonds. The van der Waals surface area contributed by atoms with Crippen LogP contribution in [0.1, 0.15) is 15.9 Å². The second-order valence-electron chi connectivity index (χ2n) is 7.52. The summed E-state index contributed by atoms with van der Waals surface area (Å²) >= 11 is 5.32. The van der Waals surface area contributed by atoms with Gasteiger partial charge in [0, 0.05) is 28.1 Å². The van der Waals surface area contributed by atoms with Crippen molar-refractivity contribution in [2.45, 2.75) is 6.61 Å². The molecule has 1 aromatic heterocycles. The Hall–Kier alpha value is -4.16. The summed E-state index contributed by atoms with van der Waals surface area (Å²) < 4.78 is 11.7. The highest BCUT2D eigenvalue weighted by atomic mass is 32.1. The van der Waals surface area contributed by atoms with Gasteiger partial charge in [0.2, 0.25) is 0 Å². The topological polar surface area (TPSA) is 63.5 Å². The Morgan fingerprint density at radius 1 is 0.818 bits per heavy atom. The van der Waals surface area contributed by atoms with Crippen LogP contribution in [-0.4, -0.2) is 11.0 Å². The number of benzene rings is 4. The molecule has 162 valence electrons. The van der Waals surface area contributed by atoms with Crippen molar-refractivity contribution in [3.05, 3.63) is 108 Å². The van der Waals surface area contributed by atoms with Crippen LogP contribution in [0.4, 0.5) is 5.69 Å². The Balaban J connectivity index is 1.20. The van der Waals surface area contributed by atoms with Gasteiger partial charge in [0.25, 0.3) is 5.91 Å². The van der Waals surface area contributed by atoms with E-state index in [1.165, 1.54) is 0 Å². The molecular weight excluding hydrogens is 432 g/mol. The third kappa shape index (κ3) is 4.71. The number of carbonyl (C=O) groups is 1. The molecule has 0 aliphatic carbocycles. The third-order valence-corrected chi connectivity index (χ3v) is 5.43. The minimum atomic E-state index is -0.299. The first kappa shape index (κ1) is 20.7. The van der Waals surface area contributed by atoms with E-state index in [1.54, 1.807) is 24.3 Å². The van der Waals surface area contributed by atoms with Crippen LogP contribution in [0.2, 0.25) is 0 Å². The predicted molar refractivity (Wildman–Crippen MR) is 135 cm³/mol. The average Bonchev–Trinajstić information content (AvgIpc) is 3.21. The summed E-state index contributed by atoms with van der Waals surface area (Å²) in [5.74, 6) is 0.391. The lowest BCUT2D eigenvalue weighted by Gasteiger charge is -2.10. The van der Waals surface area contributed by atoms with Crippen LogP contribution in [0, 0.1) is 0 Å². The van der Waals surface area contributed by atoms with Gasteiger partial charge in [-0.25, -0.2) is 0 Å². The normalized spacial score (nSPS) is 10.8. The van der Waals surface area contributed by atoms with E-state index in [9.17, 15) is 4.79 Å². The second-order valence-corrected chi connectivity index (χ2v) is 7.92. The van der Waals surface area contributed by atoms with Gasteiger partial charge in [-0.1, -0.05) is 48.5 Å². The van der Waals surface area contributed by atoms with Crippen LogP contribution in [0.15, 0.2) is 101 Å². The molecule has 5 aromatic rings. The van der Waals surface area contributed by atoms with Gasteiger partial charge in [0.05, 0.1) is 0 Å². The van der Waals surface area contributed by atoms with Crippen molar-refractivity contribution in [2.24, 2.45) is 0 Å². The molecular formula is C27H20N2O3S. The molecule has 1 heterocycles.